The number of hydrogen-bond acceptors (Lipinski definition) is 3. The minimum atomic E-state index is -0.688. The molecular weight excluding hydrogens is 537 g/mol. The standard InChI is InChI=1S/C9H13I3O3/c1-2-3-4-5-6-7(13)15-8(14)9(10,11)12/h2-6H2,1H3. The van der Waals surface area contributed by atoms with Gasteiger partial charge in [-0.05, 0) is 74.2 Å². The lowest BCUT2D eigenvalue weighted by Gasteiger charge is -2.09. The van der Waals surface area contributed by atoms with Gasteiger partial charge in [-0.1, -0.05) is 26.2 Å². The zero-order valence-corrected chi connectivity index (χ0v) is 14.9. The van der Waals surface area contributed by atoms with Gasteiger partial charge < -0.3 is 4.74 Å². The van der Waals surface area contributed by atoms with Crippen LogP contribution in [0.4, 0.5) is 0 Å². The van der Waals surface area contributed by atoms with Gasteiger partial charge in [0, 0.05) is 6.42 Å². The molecule has 0 saturated carbocycles. The van der Waals surface area contributed by atoms with Crippen molar-refractivity contribution in [2.75, 3.05) is 0 Å². The molecule has 0 heterocycles. The summed E-state index contributed by atoms with van der Waals surface area (Å²) < 4.78 is 4.01. The number of halogens is 3. The zero-order valence-electron chi connectivity index (χ0n) is 8.39. The number of carbonyl (C=O) groups is 2. The summed E-state index contributed by atoms with van der Waals surface area (Å²) in [4.78, 5) is 22.5. The van der Waals surface area contributed by atoms with Crippen LogP contribution in [0.15, 0.2) is 0 Å². The van der Waals surface area contributed by atoms with Crippen LogP contribution < -0.4 is 0 Å². The van der Waals surface area contributed by atoms with Crippen LogP contribution >= 0.6 is 67.8 Å². The number of hydrogen-bond donors (Lipinski definition) is 0. The molecule has 0 spiro atoms. The molecule has 0 unspecified atom stereocenters. The van der Waals surface area contributed by atoms with E-state index in [0.717, 1.165) is 25.7 Å². The Balaban J connectivity index is 3.71. The summed E-state index contributed by atoms with van der Waals surface area (Å²) in [5.41, 5.74) is 0. The average molecular weight is 550 g/mol. The highest BCUT2D eigenvalue weighted by Gasteiger charge is 2.31. The Morgan fingerprint density at radius 2 is 1.73 bits per heavy atom. The third-order valence-corrected chi connectivity index (χ3v) is 2.99. The molecule has 0 aliphatic rings. The fourth-order valence-corrected chi connectivity index (χ4v) is 1.24. The number of unbranched alkanes of at least 4 members (excludes halogenated alkanes) is 3. The molecule has 0 aromatic rings. The van der Waals surface area contributed by atoms with Crippen molar-refractivity contribution in [1.82, 2.24) is 0 Å². The molecule has 0 bridgehead atoms. The molecule has 0 N–H and O–H groups in total. The van der Waals surface area contributed by atoms with E-state index in [9.17, 15) is 9.59 Å². The molecule has 0 fully saturated rings. The highest BCUT2D eigenvalue weighted by atomic mass is 127. The van der Waals surface area contributed by atoms with Crippen LogP contribution in [0.25, 0.3) is 0 Å². The Hall–Kier alpha value is 1.33. The maximum Gasteiger partial charge on any atom is 0.349 e. The van der Waals surface area contributed by atoms with Gasteiger partial charge in [-0.3, -0.25) is 4.79 Å². The number of rotatable bonds is 6. The van der Waals surface area contributed by atoms with Crippen LogP contribution in [0, 0.1) is 0 Å². The summed E-state index contributed by atoms with van der Waals surface area (Å²) in [6.45, 7) is 2.11. The fraction of sp³-hybridized carbons (Fsp3) is 0.778. The van der Waals surface area contributed by atoms with Gasteiger partial charge in [0.05, 0.1) is 0 Å². The normalized spacial score (nSPS) is 11.2. The van der Waals surface area contributed by atoms with E-state index in [0.29, 0.717) is 6.42 Å². The molecule has 0 aliphatic carbocycles. The van der Waals surface area contributed by atoms with E-state index in [1.165, 1.54) is 0 Å². The van der Waals surface area contributed by atoms with Crippen molar-refractivity contribution in [1.29, 1.82) is 0 Å². The molecular formula is C9H13I3O3. The molecule has 0 aromatic heterocycles. The van der Waals surface area contributed by atoms with Gasteiger partial charge in [0.2, 0.25) is -0.565 Å². The predicted octanol–water partition coefficient (Wildman–Crippen LogP) is 3.99. The first-order chi connectivity index (χ1) is 6.88. The summed E-state index contributed by atoms with van der Waals surface area (Å²) in [6.07, 6.45) is 4.41. The Morgan fingerprint density at radius 1 is 1.13 bits per heavy atom. The van der Waals surface area contributed by atoms with E-state index in [1.807, 2.05) is 67.8 Å². The second-order valence-corrected chi connectivity index (χ2v) is 14.1. The van der Waals surface area contributed by atoms with Crippen LogP contribution in [0.5, 0.6) is 0 Å². The van der Waals surface area contributed by atoms with E-state index >= 15 is 0 Å². The van der Waals surface area contributed by atoms with Gasteiger partial charge in [0.1, 0.15) is 0 Å². The summed E-state index contributed by atoms with van der Waals surface area (Å²) in [7, 11) is 0. The number of carbonyl (C=O) groups excluding carboxylic acids is 2. The molecule has 0 saturated heterocycles. The number of ether oxygens (including phenoxy) is 1. The second-order valence-electron chi connectivity index (χ2n) is 3.07. The van der Waals surface area contributed by atoms with E-state index in [1.54, 1.807) is 0 Å². The predicted molar refractivity (Wildman–Crippen MR) is 84.6 cm³/mol. The quantitative estimate of drug-likeness (QED) is 0.166. The van der Waals surface area contributed by atoms with Gasteiger partial charge in [-0.15, -0.1) is 0 Å². The molecule has 0 rings (SSSR count). The number of alkyl halides is 3. The lowest BCUT2D eigenvalue weighted by Crippen LogP contribution is -2.23. The number of esters is 2. The van der Waals surface area contributed by atoms with Gasteiger partial charge in [-0.2, -0.15) is 0 Å². The van der Waals surface area contributed by atoms with Crippen LogP contribution in [0.1, 0.15) is 39.0 Å². The molecule has 15 heavy (non-hydrogen) atoms. The third kappa shape index (κ3) is 9.07. The highest BCUT2D eigenvalue weighted by molar-refractivity contribution is 14.3. The molecule has 0 atom stereocenters. The minimum absolute atomic E-state index is 0.339. The maximum atomic E-state index is 11.3. The average Bonchev–Trinajstić information content (AvgIpc) is 2.11. The SMILES string of the molecule is CCCCCCC(=O)OC(=O)C(I)(I)I. The van der Waals surface area contributed by atoms with Crippen LogP contribution in [0.2, 0.25) is 0 Å². The van der Waals surface area contributed by atoms with Crippen molar-refractivity contribution in [3.63, 3.8) is 0 Å². The molecule has 6 heteroatoms. The highest BCUT2D eigenvalue weighted by Crippen LogP contribution is 2.36. The van der Waals surface area contributed by atoms with Crippen molar-refractivity contribution in [2.45, 2.75) is 38.5 Å². The Bertz CT molecular complexity index is 223. The van der Waals surface area contributed by atoms with Crippen molar-refractivity contribution < 1.29 is 14.3 Å². The summed E-state index contributed by atoms with van der Waals surface area (Å²) in [6, 6.07) is 0. The summed E-state index contributed by atoms with van der Waals surface area (Å²) in [5.74, 6) is -0.893. The monoisotopic (exact) mass is 550 g/mol. The van der Waals surface area contributed by atoms with Crippen molar-refractivity contribution >= 4 is 79.7 Å². The van der Waals surface area contributed by atoms with E-state index in [4.69, 9.17) is 4.74 Å². The zero-order chi connectivity index (χ0) is 11.9. The van der Waals surface area contributed by atoms with Crippen molar-refractivity contribution in [3.05, 3.63) is 0 Å². The van der Waals surface area contributed by atoms with Crippen LogP contribution in [-0.4, -0.2) is 11.4 Å². The van der Waals surface area contributed by atoms with E-state index in [2.05, 4.69) is 6.92 Å². The van der Waals surface area contributed by atoms with Gasteiger partial charge in [0.25, 0.3) is 0 Å². The first-order valence-corrected chi connectivity index (χ1v) is 7.93. The first kappa shape index (κ1) is 16.3. The summed E-state index contributed by atoms with van der Waals surface area (Å²) >= 11 is 5.80. The van der Waals surface area contributed by atoms with Gasteiger partial charge in [0.15, 0.2) is 0 Å². The lowest BCUT2D eigenvalue weighted by atomic mass is 10.2. The molecule has 88 valence electrons. The van der Waals surface area contributed by atoms with Crippen molar-refractivity contribution in [3.8, 4) is 0 Å². The van der Waals surface area contributed by atoms with Crippen molar-refractivity contribution in [2.24, 2.45) is 0 Å². The van der Waals surface area contributed by atoms with E-state index < -0.39 is 11.4 Å². The Morgan fingerprint density at radius 3 is 2.20 bits per heavy atom. The van der Waals surface area contributed by atoms with E-state index in [-0.39, 0.29) is 0 Å². The lowest BCUT2D eigenvalue weighted by molar-refractivity contribution is -0.158. The molecule has 0 aromatic carbocycles. The Kier molecular flexibility index (Phi) is 9.17. The molecule has 0 aliphatic heterocycles. The van der Waals surface area contributed by atoms with Gasteiger partial charge >= 0.3 is 11.9 Å². The Labute approximate surface area is 131 Å². The largest absolute Gasteiger partial charge is 0.391 e. The van der Waals surface area contributed by atoms with Crippen LogP contribution in [-0.2, 0) is 14.3 Å². The molecule has 0 radical (unpaired) electrons. The molecule has 0 amide bonds. The minimum Gasteiger partial charge on any atom is -0.391 e. The third-order valence-electron chi connectivity index (χ3n) is 1.67. The molecule has 3 nitrogen and oxygen atoms in total. The summed E-state index contributed by atoms with van der Waals surface area (Å²) in [5, 5.41) is 0. The topological polar surface area (TPSA) is 43.4 Å². The van der Waals surface area contributed by atoms with Gasteiger partial charge in [-0.25, -0.2) is 4.79 Å². The smallest absolute Gasteiger partial charge is 0.349 e. The first-order valence-electron chi connectivity index (χ1n) is 4.69. The fourth-order valence-electron chi connectivity index (χ4n) is 0.908. The second kappa shape index (κ2) is 8.43. The maximum absolute atomic E-state index is 11.3. The van der Waals surface area contributed by atoms with Crippen LogP contribution in [0.3, 0.4) is 0 Å².